The predicted molar refractivity (Wildman–Crippen MR) is 123 cm³/mol. The van der Waals surface area contributed by atoms with Gasteiger partial charge >= 0.3 is 0 Å². The maximum Gasteiger partial charge on any atom is 0.230 e. The van der Waals surface area contributed by atoms with Crippen LogP contribution in [0.15, 0.2) is 22.5 Å². The molecule has 3 rings (SSSR count). The summed E-state index contributed by atoms with van der Waals surface area (Å²) in [5.41, 5.74) is 0.372. The van der Waals surface area contributed by atoms with Crippen molar-refractivity contribution in [3.63, 3.8) is 0 Å². The lowest BCUT2D eigenvalue weighted by Gasteiger charge is -2.31. The minimum Gasteiger partial charge on any atom is -0.300 e. The molecule has 164 valence electrons. The lowest BCUT2D eigenvalue weighted by molar-refractivity contribution is -0.120. The van der Waals surface area contributed by atoms with E-state index in [9.17, 15) is 13.2 Å². The van der Waals surface area contributed by atoms with E-state index in [2.05, 4.69) is 29.4 Å². The van der Waals surface area contributed by atoms with Gasteiger partial charge in [0.25, 0.3) is 0 Å². The van der Waals surface area contributed by atoms with Crippen LogP contribution in [0.4, 0.5) is 5.13 Å². The van der Waals surface area contributed by atoms with Crippen LogP contribution in [0.2, 0.25) is 10.0 Å². The number of hydrogen-bond acceptors (Lipinski definition) is 7. The van der Waals surface area contributed by atoms with E-state index in [1.165, 1.54) is 15.6 Å². The summed E-state index contributed by atoms with van der Waals surface area (Å²) < 4.78 is 28.0. The van der Waals surface area contributed by atoms with Crippen molar-refractivity contribution in [1.82, 2.24) is 14.5 Å². The Kier molecular flexibility index (Phi) is 8.03. The maximum atomic E-state index is 12.9. The molecule has 1 fully saturated rings. The van der Waals surface area contributed by atoms with Crippen LogP contribution >= 0.6 is 46.3 Å². The van der Waals surface area contributed by atoms with Crippen LogP contribution < -0.4 is 5.32 Å². The normalized spacial score (nSPS) is 18.0. The third-order valence-electron chi connectivity index (χ3n) is 4.51. The zero-order chi connectivity index (χ0) is 21.9. The quantitative estimate of drug-likeness (QED) is 0.436. The topological polar surface area (TPSA) is 92.3 Å². The lowest BCUT2D eigenvalue weighted by Crippen LogP contribution is -2.44. The minimum atomic E-state index is -3.67. The number of amides is 1. The Balaban J connectivity index is 1.65. The highest BCUT2D eigenvalue weighted by Crippen LogP contribution is 2.31. The predicted octanol–water partition coefficient (Wildman–Crippen LogP) is 4.53. The van der Waals surface area contributed by atoms with Gasteiger partial charge in [0.2, 0.25) is 21.1 Å². The van der Waals surface area contributed by atoms with Gasteiger partial charge in [0.15, 0.2) is 4.34 Å². The third-order valence-corrected chi connectivity index (χ3v) is 8.92. The van der Waals surface area contributed by atoms with Crippen molar-refractivity contribution in [2.24, 2.45) is 5.92 Å². The van der Waals surface area contributed by atoms with Crippen molar-refractivity contribution < 1.29 is 13.2 Å². The molecular formula is C18H22Cl2N4O3S3. The van der Waals surface area contributed by atoms with Crippen molar-refractivity contribution in [3.8, 4) is 0 Å². The monoisotopic (exact) mass is 508 g/mol. The summed E-state index contributed by atoms with van der Waals surface area (Å²) >= 11 is 15.2. The Morgan fingerprint density at radius 2 is 2.03 bits per heavy atom. The number of piperidine rings is 1. The summed E-state index contributed by atoms with van der Waals surface area (Å²) in [5, 5.41) is 12.2. The molecule has 2 aromatic rings. The van der Waals surface area contributed by atoms with E-state index in [1.807, 2.05) is 0 Å². The summed E-state index contributed by atoms with van der Waals surface area (Å²) in [4.78, 5) is 12.7. The minimum absolute atomic E-state index is 0.114. The van der Waals surface area contributed by atoms with E-state index in [0.717, 1.165) is 4.34 Å². The summed E-state index contributed by atoms with van der Waals surface area (Å²) in [7, 11) is -3.67. The fraction of sp³-hybridized carbons (Fsp3) is 0.500. The van der Waals surface area contributed by atoms with Crippen molar-refractivity contribution in [2.75, 3.05) is 18.4 Å². The van der Waals surface area contributed by atoms with Gasteiger partial charge in [0.05, 0.1) is 11.7 Å². The average molecular weight is 510 g/mol. The molecule has 0 saturated carbocycles. The van der Waals surface area contributed by atoms with Gasteiger partial charge < -0.3 is 5.32 Å². The Labute approximate surface area is 194 Å². The molecule has 2 heterocycles. The second kappa shape index (κ2) is 10.1. The molecule has 1 N–H and O–H groups in total. The van der Waals surface area contributed by atoms with Gasteiger partial charge in [-0.1, -0.05) is 66.2 Å². The molecule has 0 spiro atoms. The van der Waals surface area contributed by atoms with Crippen molar-refractivity contribution in [2.45, 2.75) is 42.0 Å². The van der Waals surface area contributed by atoms with Crippen LogP contribution in [-0.4, -0.2) is 47.2 Å². The highest BCUT2D eigenvalue weighted by atomic mass is 35.5. The number of nitrogens with zero attached hydrogens (tertiary/aromatic N) is 3. The Hall–Kier alpha value is -0.910. The summed E-state index contributed by atoms with van der Waals surface area (Å²) in [6.07, 6.45) is 1.20. The second-order valence-corrected chi connectivity index (χ2v) is 12.8. The molecule has 1 aliphatic heterocycles. The number of sulfonamides is 1. The van der Waals surface area contributed by atoms with Gasteiger partial charge in [0.1, 0.15) is 0 Å². The van der Waals surface area contributed by atoms with Crippen LogP contribution in [0.5, 0.6) is 0 Å². The molecule has 7 nitrogen and oxygen atoms in total. The van der Waals surface area contributed by atoms with Gasteiger partial charge in [-0.3, -0.25) is 4.79 Å². The molecule has 1 atom stereocenters. The Morgan fingerprint density at radius 3 is 2.70 bits per heavy atom. The summed E-state index contributed by atoms with van der Waals surface area (Å²) in [6, 6.07) is 4.89. The van der Waals surface area contributed by atoms with Crippen molar-refractivity contribution >= 4 is 67.4 Å². The number of rotatable bonds is 7. The van der Waals surface area contributed by atoms with Crippen LogP contribution in [-0.2, 0) is 20.6 Å². The van der Waals surface area contributed by atoms with E-state index in [0.29, 0.717) is 45.4 Å². The first-order chi connectivity index (χ1) is 14.2. The van der Waals surface area contributed by atoms with Crippen LogP contribution in [0, 0.1) is 5.92 Å². The molecule has 0 radical (unpaired) electrons. The summed E-state index contributed by atoms with van der Waals surface area (Å²) in [6.45, 7) is 4.58. The SMILES string of the molecule is CC(C)Sc1nnc(NC(=O)C2CCCN(S(=O)(=O)Cc3c(Cl)cccc3Cl)C2)s1. The van der Waals surface area contributed by atoms with E-state index < -0.39 is 15.9 Å². The number of anilines is 1. The number of thioether (sulfide) groups is 1. The molecule has 1 amide bonds. The Bertz CT molecular complexity index is 994. The average Bonchev–Trinajstić information content (AvgIpc) is 3.11. The molecule has 1 saturated heterocycles. The van der Waals surface area contributed by atoms with E-state index in [-0.39, 0.29) is 18.2 Å². The lowest BCUT2D eigenvalue weighted by atomic mass is 9.99. The summed E-state index contributed by atoms with van der Waals surface area (Å²) in [5.74, 6) is -1.00. The molecule has 1 aliphatic rings. The number of halogens is 2. The van der Waals surface area contributed by atoms with Gasteiger partial charge in [-0.25, -0.2) is 12.7 Å². The van der Waals surface area contributed by atoms with Crippen LogP contribution in [0.1, 0.15) is 32.3 Å². The fourth-order valence-electron chi connectivity index (χ4n) is 3.07. The molecule has 0 aliphatic carbocycles. The zero-order valence-electron chi connectivity index (χ0n) is 16.5. The number of hydrogen-bond donors (Lipinski definition) is 1. The molecule has 1 unspecified atom stereocenters. The van der Waals surface area contributed by atoms with Gasteiger partial charge in [-0.2, -0.15) is 0 Å². The number of nitrogens with one attached hydrogen (secondary N) is 1. The van der Waals surface area contributed by atoms with E-state index in [1.54, 1.807) is 30.0 Å². The van der Waals surface area contributed by atoms with E-state index >= 15 is 0 Å². The first-order valence-electron chi connectivity index (χ1n) is 9.37. The highest BCUT2D eigenvalue weighted by Gasteiger charge is 2.33. The van der Waals surface area contributed by atoms with E-state index in [4.69, 9.17) is 23.2 Å². The second-order valence-electron chi connectivity index (χ2n) is 7.18. The standard InChI is InChI=1S/C18H22Cl2N4O3S3/c1-11(2)28-18-23-22-17(29-18)21-16(25)12-5-4-8-24(9-12)30(26,27)10-13-14(19)6-3-7-15(13)20/h3,6-7,11-12H,4-5,8-10H2,1-2H3,(H,21,22,25). The fourth-order valence-corrected chi connectivity index (χ4v) is 7.41. The maximum absolute atomic E-state index is 12.9. The first kappa shape index (κ1) is 23.7. The number of carbonyl (C=O) groups is 1. The molecular weight excluding hydrogens is 487 g/mol. The van der Waals surface area contributed by atoms with Gasteiger partial charge in [0, 0.05) is 33.9 Å². The van der Waals surface area contributed by atoms with Gasteiger partial charge in [-0.15, -0.1) is 10.2 Å². The number of benzene rings is 1. The number of carbonyl (C=O) groups excluding carboxylic acids is 1. The van der Waals surface area contributed by atoms with Crippen LogP contribution in [0.3, 0.4) is 0 Å². The first-order valence-corrected chi connectivity index (χ1v) is 13.4. The van der Waals surface area contributed by atoms with Gasteiger partial charge in [-0.05, 0) is 25.0 Å². The third kappa shape index (κ3) is 6.08. The molecule has 0 bridgehead atoms. The molecule has 1 aromatic heterocycles. The van der Waals surface area contributed by atoms with Crippen molar-refractivity contribution in [3.05, 3.63) is 33.8 Å². The zero-order valence-corrected chi connectivity index (χ0v) is 20.4. The highest BCUT2D eigenvalue weighted by molar-refractivity contribution is 8.01. The van der Waals surface area contributed by atoms with Crippen LogP contribution in [0.25, 0.3) is 0 Å². The number of aromatic nitrogens is 2. The van der Waals surface area contributed by atoms with Crippen molar-refractivity contribution in [1.29, 1.82) is 0 Å². The molecule has 30 heavy (non-hydrogen) atoms. The Morgan fingerprint density at radius 1 is 1.33 bits per heavy atom. The molecule has 12 heteroatoms. The molecule has 1 aromatic carbocycles. The smallest absolute Gasteiger partial charge is 0.230 e. The largest absolute Gasteiger partial charge is 0.300 e.